The van der Waals surface area contributed by atoms with Gasteiger partial charge in [-0.15, -0.1) is 0 Å². The highest BCUT2D eigenvalue weighted by Crippen LogP contribution is 2.23. The Balaban J connectivity index is 1.44. The average Bonchev–Trinajstić information content (AvgIpc) is 2.71. The number of piperazine rings is 1. The molecule has 1 aromatic heterocycles. The maximum atomic E-state index is 14.0. The number of para-hydroxylation sites is 1. The average molecular weight is 401 g/mol. The van der Waals surface area contributed by atoms with Crippen molar-refractivity contribution in [3.63, 3.8) is 0 Å². The van der Waals surface area contributed by atoms with Crippen LogP contribution >= 0.6 is 11.6 Å². The van der Waals surface area contributed by atoms with Crippen molar-refractivity contribution in [2.45, 2.75) is 19.5 Å². The summed E-state index contributed by atoms with van der Waals surface area (Å²) >= 11 is 6.15. The third-order valence-electron chi connectivity index (χ3n) is 5.42. The van der Waals surface area contributed by atoms with Gasteiger partial charge in [0.2, 0.25) is 0 Å². The largest absolute Gasteiger partial charge is 0.309 e. The number of nitrogens with one attached hydrogen (secondary N) is 1. The van der Waals surface area contributed by atoms with Crippen LogP contribution in [0.25, 0.3) is 10.9 Å². The molecule has 0 unspecified atom stereocenters. The first-order valence-electron chi connectivity index (χ1n) is 9.41. The first-order chi connectivity index (χ1) is 13.5. The summed E-state index contributed by atoms with van der Waals surface area (Å²) in [4.78, 5) is 24.4. The topological polar surface area (TPSA) is 52.2 Å². The molecule has 0 saturated carbocycles. The van der Waals surface area contributed by atoms with Gasteiger partial charge in [-0.2, -0.15) is 0 Å². The lowest BCUT2D eigenvalue weighted by atomic mass is 10.1. The molecule has 1 saturated heterocycles. The van der Waals surface area contributed by atoms with Crippen LogP contribution in [0.4, 0.5) is 4.39 Å². The second kappa shape index (κ2) is 7.99. The van der Waals surface area contributed by atoms with E-state index < -0.39 is 0 Å². The van der Waals surface area contributed by atoms with E-state index in [0.717, 1.165) is 26.2 Å². The quantitative estimate of drug-likeness (QED) is 0.727. The fourth-order valence-corrected chi connectivity index (χ4v) is 3.91. The highest BCUT2D eigenvalue weighted by Gasteiger charge is 2.24. The molecular formula is C21H22ClFN4O. The lowest BCUT2D eigenvalue weighted by Gasteiger charge is -2.37. The maximum Gasteiger partial charge on any atom is 0.258 e. The van der Waals surface area contributed by atoms with Crippen LogP contribution in [0.1, 0.15) is 24.4 Å². The second-order valence-corrected chi connectivity index (χ2v) is 7.56. The van der Waals surface area contributed by atoms with Gasteiger partial charge in [0, 0.05) is 43.3 Å². The van der Waals surface area contributed by atoms with Crippen LogP contribution in [0.15, 0.2) is 47.3 Å². The summed E-state index contributed by atoms with van der Waals surface area (Å²) in [5.41, 5.74) is 1.15. The van der Waals surface area contributed by atoms with Crippen LogP contribution in [0.5, 0.6) is 0 Å². The van der Waals surface area contributed by atoms with Crippen molar-refractivity contribution < 1.29 is 4.39 Å². The SMILES string of the molecule is C[C@H](c1nc2ccccc2c(=O)[nH]1)N1CCN(Cc2c(F)cccc2Cl)CC1. The van der Waals surface area contributed by atoms with Gasteiger partial charge in [-0.25, -0.2) is 9.37 Å². The van der Waals surface area contributed by atoms with E-state index in [1.54, 1.807) is 18.2 Å². The van der Waals surface area contributed by atoms with Crippen molar-refractivity contribution in [3.8, 4) is 0 Å². The summed E-state index contributed by atoms with van der Waals surface area (Å²) in [7, 11) is 0. The van der Waals surface area contributed by atoms with E-state index in [2.05, 4.69) is 26.7 Å². The fraction of sp³-hybridized carbons (Fsp3) is 0.333. The lowest BCUT2D eigenvalue weighted by Crippen LogP contribution is -2.47. The molecule has 2 heterocycles. The number of rotatable bonds is 4. The van der Waals surface area contributed by atoms with Gasteiger partial charge in [-0.1, -0.05) is 29.8 Å². The highest BCUT2D eigenvalue weighted by molar-refractivity contribution is 6.31. The molecule has 1 aliphatic rings. The van der Waals surface area contributed by atoms with Crippen molar-refractivity contribution in [1.82, 2.24) is 19.8 Å². The van der Waals surface area contributed by atoms with Crippen LogP contribution in [0.3, 0.4) is 0 Å². The van der Waals surface area contributed by atoms with Crippen molar-refractivity contribution >= 4 is 22.5 Å². The van der Waals surface area contributed by atoms with E-state index >= 15 is 0 Å². The molecule has 1 N–H and O–H groups in total. The summed E-state index contributed by atoms with van der Waals surface area (Å²) in [6.45, 7) is 5.77. The van der Waals surface area contributed by atoms with Crippen molar-refractivity contribution in [2.75, 3.05) is 26.2 Å². The van der Waals surface area contributed by atoms with Gasteiger partial charge in [0.15, 0.2) is 0 Å². The number of hydrogen-bond donors (Lipinski definition) is 1. The summed E-state index contributed by atoms with van der Waals surface area (Å²) in [5.74, 6) is 0.413. The molecular weight excluding hydrogens is 379 g/mol. The van der Waals surface area contributed by atoms with Crippen LogP contribution in [0, 0.1) is 5.82 Å². The Labute approximate surface area is 167 Å². The molecule has 2 aromatic carbocycles. The minimum absolute atomic E-state index is 0.00324. The summed E-state index contributed by atoms with van der Waals surface area (Å²) < 4.78 is 14.0. The second-order valence-electron chi connectivity index (χ2n) is 7.16. The molecule has 0 aliphatic carbocycles. The van der Waals surface area contributed by atoms with Crippen LogP contribution in [0.2, 0.25) is 5.02 Å². The predicted molar refractivity (Wildman–Crippen MR) is 109 cm³/mol. The van der Waals surface area contributed by atoms with E-state index in [1.807, 2.05) is 18.2 Å². The van der Waals surface area contributed by atoms with Crippen molar-refractivity contribution in [1.29, 1.82) is 0 Å². The van der Waals surface area contributed by atoms with Gasteiger partial charge in [0.25, 0.3) is 5.56 Å². The number of fused-ring (bicyclic) bond motifs is 1. The molecule has 0 amide bonds. The van der Waals surface area contributed by atoms with Gasteiger partial charge in [0.05, 0.1) is 16.9 Å². The smallest absolute Gasteiger partial charge is 0.258 e. The van der Waals surface area contributed by atoms with Crippen molar-refractivity contribution in [2.24, 2.45) is 0 Å². The molecule has 7 heteroatoms. The van der Waals surface area contributed by atoms with Gasteiger partial charge < -0.3 is 4.98 Å². The molecule has 0 spiro atoms. The highest BCUT2D eigenvalue weighted by atomic mass is 35.5. The van der Waals surface area contributed by atoms with Crippen LogP contribution < -0.4 is 5.56 Å². The normalized spacial score (nSPS) is 17.1. The zero-order chi connectivity index (χ0) is 19.7. The van der Waals surface area contributed by atoms with Gasteiger partial charge >= 0.3 is 0 Å². The standard InChI is InChI=1S/C21H22ClFN4O/c1-14(20-24-19-8-3-2-5-15(19)21(28)25-20)27-11-9-26(10-12-27)13-16-17(22)6-4-7-18(16)23/h2-8,14H,9-13H2,1H3,(H,24,25,28)/t14-/m1/s1. The van der Waals surface area contributed by atoms with Gasteiger partial charge in [-0.3, -0.25) is 14.6 Å². The Hall–Kier alpha value is -2.28. The number of aromatic amines is 1. The minimum Gasteiger partial charge on any atom is -0.309 e. The Morgan fingerprint density at radius 1 is 1.14 bits per heavy atom. The summed E-state index contributed by atoms with van der Waals surface area (Å²) in [6, 6.07) is 12.1. The molecule has 5 nitrogen and oxygen atoms in total. The third kappa shape index (κ3) is 3.81. The maximum absolute atomic E-state index is 14.0. The zero-order valence-corrected chi connectivity index (χ0v) is 16.4. The molecule has 1 atom stereocenters. The van der Waals surface area contributed by atoms with Gasteiger partial charge in [0.1, 0.15) is 11.6 Å². The van der Waals surface area contributed by atoms with E-state index in [4.69, 9.17) is 11.6 Å². The molecule has 3 aromatic rings. The van der Waals surface area contributed by atoms with Gasteiger partial charge in [-0.05, 0) is 31.2 Å². The molecule has 1 aliphatic heterocycles. The third-order valence-corrected chi connectivity index (χ3v) is 5.78. The van der Waals surface area contributed by atoms with Crippen LogP contribution in [-0.2, 0) is 6.54 Å². The first kappa shape index (κ1) is 19.1. The Morgan fingerprint density at radius 2 is 1.89 bits per heavy atom. The fourth-order valence-electron chi connectivity index (χ4n) is 3.69. The Kier molecular flexibility index (Phi) is 5.44. The number of hydrogen-bond acceptors (Lipinski definition) is 4. The molecule has 146 valence electrons. The number of halogens is 2. The molecule has 28 heavy (non-hydrogen) atoms. The van der Waals surface area contributed by atoms with E-state index in [1.165, 1.54) is 6.07 Å². The Morgan fingerprint density at radius 3 is 2.64 bits per heavy atom. The number of aromatic nitrogens is 2. The van der Waals surface area contributed by atoms with E-state index in [9.17, 15) is 9.18 Å². The van der Waals surface area contributed by atoms with E-state index in [-0.39, 0.29) is 17.4 Å². The summed E-state index contributed by atoms with van der Waals surface area (Å²) in [6.07, 6.45) is 0. The molecule has 1 fully saturated rings. The van der Waals surface area contributed by atoms with Crippen molar-refractivity contribution in [3.05, 3.63) is 75.0 Å². The number of H-pyrrole nitrogens is 1. The molecule has 0 bridgehead atoms. The van der Waals surface area contributed by atoms with E-state index in [0.29, 0.717) is 33.9 Å². The lowest BCUT2D eigenvalue weighted by molar-refractivity contribution is 0.0941. The molecule has 0 radical (unpaired) electrons. The first-order valence-corrected chi connectivity index (χ1v) is 9.79. The Bertz CT molecular complexity index is 1030. The summed E-state index contributed by atoms with van der Waals surface area (Å²) in [5, 5.41) is 1.07. The minimum atomic E-state index is -0.263. The monoisotopic (exact) mass is 400 g/mol. The number of nitrogens with zero attached hydrogens (tertiary/aromatic N) is 3. The van der Waals surface area contributed by atoms with Crippen LogP contribution in [-0.4, -0.2) is 45.9 Å². The number of benzene rings is 2. The predicted octanol–water partition coefficient (Wildman–Crippen LogP) is 3.59. The zero-order valence-electron chi connectivity index (χ0n) is 15.7. The molecule has 4 rings (SSSR count).